The molecule has 104 valence electrons. The van der Waals surface area contributed by atoms with Gasteiger partial charge in [0.15, 0.2) is 0 Å². The molecule has 2 rings (SSSR count). The summed E-state index contributed by atoms with van der Waals surface area (Å²) >= 11 is 3.39. The Balaban J connectivity index is 1.90. The van der Waals surface area contributed by atoms with Gasteiger partial charge in [-0.05, 0) is 55.0 Å². The Labute approximate surface area is 125 Å². The molecule has 0 aliphatic carbocycles. The van der Waals surface area contributed by atoms with Crippen LogP contribution in [0.25, 0.3) is 0 Å². The molecule has 0 spiro atoms. The van der Waals surface area contributed by atoms with E-state index < -0.39 is 0 Å². The Morgan fingerprint density at radius 1 is 1.20 bits per heavy atom. The largest absolute Gasteiger partial charge is 0.376 e. The molecule has 0 fully saturated rings. The molecule has 5 heteroatoms. The predicted octanol–water partition coefficient (Wildman–Crippen LogP) is 3.95. The number of carbonyl (C=O) groups is 1. The molecule has 2 N–H and O–H groups in total. The van der Waals surface area contributed by atoms with Gasteiger partial charge in [0.1, 0.15) is 5.82 Å². The van der Waals surface area contributed by atoms with Gasteiger partial charge in [0.25, 0.3) is 0 Å². The van der Waals surface area contributed by atoms with Crippen LogP contribution in [0, 0.1) is 12.7 Å². The number of benzene rings is 2. The van der Waals surface area contributed by atoms with Gasteiger partial charge in [0, 0.05) is 15.8 Å². The van der Waals surface area contributed by atoms with Gasteiger partial charge in [-0.3, -0.25) is 4.79 Å². The lowest BCUT2D eigenvalue weighted by Crippen LogP contribution is -2.22. The normalized spacial score (nSPS) is 10.2. The zero-order chi connectivity index (χ0) is 14.5. The molecule has 2 aromatic carbocycles. The van der Waals surface area contributed by atoms with E-state index in [-0.39, 0.29) is 18.3 Å². The summed E-state index contributed by atoms with van der Waals surface area (Å²) in [6.45, 7) is 2.12. The van der Waals surface area contributed by atoms with Crippen molar-refractivity contribution in [2.24, 2.45) is 0 Å². The summed E-state index contributed by atoms with van der Waals surface area (Å²) in [7, 11) is 0. The van der Waals surface area contributed by atoms with Gasteiger partial charge < -0.3 is 10.6 Å². The van der Waals surface area contributed by atoms with Crippen LogP contribution in [0.5, 0.6) is 0 Å². The van der Waals surface area contributed by atoms with Gasteiger partial charge in [-0.25, -0.2) is 4.39 Å². The SMILES string of the molecule is Cc1cc(Br)ccc1NCC(=O)Nc1ccc(F)cc1. The quantitative estimate of drug-likeness (QED) is 0.887. The lowest BCUT2D eigenvalue weighted by Gasteiger charge is -2.10. The Hall–Kier alpha value is -1.88. The highest BCUT2D eigenvalue weighted by Gasteiger charge is 2.04. The van der Waals surface area contributed by atoms with Crippen LogP contribution in [0.1, 0.15) is 5.56 Å². The van der Waals surface area contributed by atoms with Gasteiger partial charge in [-0.1, -0.05) is 15.9 Å². The van der Waals surface area contributed by atoms with Crippen molar-refractivity contribution in [3.05, 3.63) is 58.3 Å². The van der Waals surface area contributed by atoms with Crippen LogP contribution in [-0.4, -0.2) is 12.5 Å². The Bertz CT molecular complexity index is 614. The number of hydrogen-bond donors (Lipinski definition) is 2. The van der Waals surface area contributed by atoms with Gasteiger partial charge in [-0.2, -0.15) is 0 Å². The topological polar surface area (TPSA) is 41.1 Å². The van der Waals surface area contributed by atoms with Crippen molar-refractivity contribution in [3.8, 4) is 0 Å². The number of hydrogen-bond acceptors (Lipinski definition) is 2. The van der Waals surface area contributed by atoms with Crippen LogP contribution in [0.2, 0.25) is 0 Å². The van der Waals surface area contributed by atoms with Crippen molar-refractivity contribution in [3.63, 3.8) is 0 Å². The summed E-state index contributed by atoms with van der Waals surface area (Å²) in [4.78, 5) is 11.8. The molecule has 2 aromatic rings. The molecule has 0 heterocycles. The summed E-state index contributed by atoms with van der Waals surface area (Å²) in [6, 6.07) is 11.5. The Kier molecular flexibility index (Phi) is 4.74. The molecule has 0 saturated heterocycles. The highest BCUT2D eigenvalue weighted by molar-refractivity contribution is 9.10. The molecule has 0 bridgehead atoms. The number of nitrogens with one attached hydrogen (secondary N) is 2. The van der Waals surface area contributed by atoms with Crippen LogP contribution < -0.4 is 10.6 Å². The third-order valence-electron chi connectivity index (χ3n) is 2.76. The third-order valence-corrected chi connectivity index (χ3v) is 3.25. The zero-order valence-electron chi connectivity index (χ0n) is 10.9. The molecular formula is C15H14BrFN2O. The van der Waals surface area contributed by atoms with Crippen LogP contribution >= 0.6 is 15.9 Å². The number of carbonyl (C=O) groups excluding carboxylic acids is 1. The first kappa shape index (κ1) is 14.5. The van der Waals surface area contributed by atoms with E-state index in [9.17, 15) is 9.18 Å². The fourth-order valence-electron chi connectivity index (χ4n) is 1.74. The van der Waals surface area contributed by atoms with E-state index in [2.05, 4.69) is 26.6 Å². The summed E-state index contributed by atoms with van der Waals surface area (Å²) in [5.74, 6) is -0.509. The maximum absolute atomic E-state index is 12.7. The second-order valence-corrected chi connectivity index (χ2v) is 5.28. The van der Waals surface area contributed by atoms with E-state index in [0.717, 1.165) is 15.7 Å². The van der Waals surface area contributed by atoms with Crippen molar-refractivity contribution in [1.29, 1.82) is 0 Å². The van der Waals surface area contributed by atoms with Crippen LogP contribution in [0.3, 0.4) is 0 Å². The molecular weight excluding hydrogens is 323 g/mol. The third kappa shape index (κ3) is 4.06. The maximum Gasteiger partial charge on any atom is 0.243 e. The average Bonchev–Trinajstić information content (AvgIpc) is 2.40. The van der Waals surface area contributed by atoms with Gasteiger partial charge >= 0.3 is 0 Å². The van der Waals surface area contributed by atoms with E-state index in [0.29, 0.717) is 5.69 Å². The Morgan fingerprint density at radius 3 is 2.55 bits per heavy atom. The maximum atomic E-state index is 12.7. The van der Waals surface area contributed by atoms with E-state index >= 15 is 0 Å². The molecule has 0 radical (unpaired) electrons. The number of aryl methyl sites for hydroxylation is 1. The molecule has 0 aromatic heterocycles. The molecule has 0 aliphatic rings. The molecule has 3 nitrogen and oxygen atoms in total. The predicted molar refractivity (Wildman–Crippen MR) is 82.4 cm³/mol. The molecule has 0 aliphatic heterocycles. The van der Waals surface area contributed by atoms with Gasteiger partial charge in [0.05, 0.1) is 6.54 Å². The Morgan fingerprint density at radius 2 is 1.90 bits per heavy atom. The van der Waals surface area contributed by atoms with E-state index in [1.165, 1.54) is 24.3 Å². The monoisotopic (exact) mass is 336 g/mol. The van der Waals surface area contributed by atoms with Gasteiger partial charge in [0.2, 0.25) is 5.91 Å². The van der Waals surface area contributed by atoms with E-state index in [1.54, 1.807) is 0 Å². The minimum atomic E-state index is -0.327. The van der Waals surface area contributed by atoms with Crippen LogP contribution in [-0.2, 0) is 4.79 Å². The first-order valence-electron chi connectivity index (χ1n) is 6.10. The second-order valence-electron chi connectivity index (χ2n) is 4.37. The average molecular weight is 337 g/mol. The van der Waals surface area contributed by atoms with Crippen molar-refractivity contribution in [2.45, 2.75) is 6.92 Å². The summed E-state index contributed by atoms with van der Waals surface area (Å²) in [5, 5.41) is 5.76. The lowest BCUT2D eigenvalue weighted by molar-refractivity contribution is -0.114. The van der Waals surface area contributed by atoms with E-state index in [1.807, 2.05) is 25.1 Å². The number of rotatable bonds is 4. The fraction of sp³-hybridized carbons (Fsp3) is 0.133. The van der Waals surface area contributed by atoms with E-state index in [4.69, 9.17) is 0 Å². The van der Waals surface area contributed by atoms with Gasteiger partial charge in [-0.15, -0.1) is 0 Å². The lowest BCUT2D eigenvalue weighted by atomic mass is 10.2. The minimum absolute atomic E-state index is 0.153. The molecule has 1 amide bonds. The minimum Gasteiger partial charge on any atom is -0.376 e. The zero-order valence-corrected chi connectivity index (χ0v) is 12.5. The molecule has 20 heavy (non-hydrogen) atoms. The smallest absolute Gasteiger partial charge is 0.243 e. The van der Waals surface area contributed by atoms with Crippen LogP contribution in [0.4, 0.5) is 15.8 Å². The summed E-state index contributed by atoms with van der Waals surface area (Å²) < 4.78 is 13.7. The molecule has 0 unspecified atom stereocenters. The summed E-state index contributed by atoms with van der Waals surface area (Å²) in [5.41, 5.74) is 2.53. The van der Waals surface area contributed by atoms with Crippen molar-refractivity contribution in [1.82, 2.24) is 0 Å². The van der Waals surface area contributed by atoms with Crippen molar-refractivity contribution in [2.75, 3.05) is 17.2 Å². The number of amides is 1. The number of halogens is 2. The standard InChI is InChI=1S/C15H14BrFN2O/c1-10-8-11(16)2-7-14(10)18-9-15(20)19-13-5-3-12(17)4-6-13/h2-8,18H,9H2,1H3,(H,19,20). The van der Waals surface area contributed by atoms with Crippen LogP contribution in [0.15, 0.2) is 46.9 Å². The molecule has 0 saturated carbocycles. The van der Waals surface area contributed by atoms with Crippen molar-refractivity contribution >= 4 is 33.2 Å². The second kappa shape index (κ2) is 6.52. The van der Waals surface area contributed by atoms with Crippen molar-refractivity contribution < 1.29 is 9.18 Å². The number of anilines is 2. The first-order chi connectivity index (χ1) is 9.54. The first-order valence-corrected chi connectivity index (χ1v) is 6.89. The molecule has 0 atom stereocenters. The highest BCUT2D eigenvalue weighted by atomic mass is 79.9. The highest BCUT2D eigenvalue weighted by Crippen LogP contribution is 2.19. The fourth-order valence-corrected chi connectivity index (χ4v) is 2.21. The summed E-state index contributed by atoms with van der Waals surface area (Å²) in [6.07, 6.45) is 0.